The number of hydrogen-bond acceptors (Lipinski definition) is 5. The number of nitrogens with zero attached hydrogens (tertiary/aromatic N) is 1. The molecular formula is C16H21N3O3. The van der Waals surface area contributed by atoms with Crippen LogP contribution >= 0.6 is 0 Å². The highest BCUT2D eigenvalue weighted by Crippen LogP contribution is 2.30. The van der Waals surface area contributed by atoms with Gasteiger partial charge in [0.05, 0.1) is 17.9 Å². The van der Waals surface area contributed by atoms with E-state index in [0.717, 1.165) is 29.6 Å². The number of aromatic amines is 1. The lowest BCUT2D eigenvalue weighted by molar-refractivity contribution is 0.0379. The highest BCUT2D eigenvalue weighted by atomic mass is 16.5. The van der Waals surface area contributed by atoms with E-state index in [1.54, 1.807) is 6.20 Å². The lowest BCUT2D eigenvalue weighted by atomic mass is 10.1. The molecule has 1 saturated carbocycles. The van der Waals surface area contributed by atoms with Crippen LogP contribution in [0.4, 0.5) is 5.69 Å². The van der Waals surface area contributed by atoms with Crippen molar-refractivity contribution in [2.75, 3.05) is 5.32 Å². The number of anilines is 1. The van der Waals surface area contributed by atoms with Gasteiger partial charge in [-0.25, -0.2) is 9.78 Å². The molecule has 2 aromatic rings. The summed E-state index contributed by atoms with van der Waals surface area (Å²) in [5, 5.41) is 14.0. The van der Waals surface area contributed by atoms with E-state index in [1.165, 1.54) is 6.20 Å². The van der Waals surface area contributed by atoms with Gasteiger partial charge in [-0.1, -0.05) is 0 Å². The zero-order chi connectivity index (χ0) is 15.7. The Morgan fingerprint density at radius 2 is 2.32 bits per heavy atom. The number of H-pyrrole nitrogens is 1. The van der Waals surface area contributed by atoms with E-state index in [9.17, 15) is 9.90 Å². The molecule has 6 nitrogen and oxygen atoms in total. The van der Waals surface area contributed by atoms with E-state index in [4.69, 9.17) is 4.74 Å². The van der Waals surface area contributed by atoms with Crippen LogP contribution < -0.4 is 5.32 Å². The van der Waals surface area contributed by atoms with E-state index < -0.39 is 0 Å². The minimum atomic E-state index is -0.383. The molecule has 0 saturated heterocycles. The molecule has 118 valence electrons. The third-order valence-corrected chi connectivity index (χ3v) is 3.90. The predicted octanol–water partition coefficient (Wildman–Crippen LogP) is 2.45. The molecule has 2 heterocycles. The van der Waals surface area contributed by atoms with Crippen LogP contribution in [0.15, 0.2) is 18.5 Å². The van der Waals surface area contributed by atoms with Gasteiger partial charge < -0.3 is 20.1 Å². The smallest absolute Gasteiger partial charge is 0.342 e. The third kappa shape index (κ3) is 2.92. The van der Waals surface area contributed by atoms with Crippen LogP contribution in [0.5, 0.6) is 0 Å². The summed E-state index contributed by atoms with van der Waals surface area (Å²) in [7, 11) is 0. The van der Waals surface area contributed by atoms with Crippen molar-refractivity contribution in [3.63, 3.8) is 0 Å². The molecule has 1 aliphatic rings. The molecular weight excluding hydrogens is 282 g/mol. The Morgan fingerprint density at radius 3 is 3.00 bits per heavy atom. The van der Waals surface area contributed by atoms with Crippen molar-refractivity contribution in [2.45, 2.75) is 51.4 Å². The number of aliphatic hydroxyl groups excluding tert-OH is 1. The summed E-state index contributed by atoms with van der Waals surface area (Å²) >= 11 is 0. The topological polar surface area (TPSA) is 87.2 Å². The Hall–Kier alpha value is -2.08. The van der Waals surface area contributed by atoms with Crippen LogP contribution in [-0.2, 0) is 4.74 Å². The van der Waals surface area contributed by atoms with Gasteiger partial charge in [0, 0.05) is 23.8 Å². The largest absolute Gasteiger partial charge is 0.459 e. The summed E-state index contributed by atoms with van der Waals surface area (Å²) in [5.74, 6) is -0.383. The van der Waals surface area contributed by atoms with Crippen molar-refractivity contribution < 1.29 is 14.6 Å². The van der Waals surface area contributed by atoms with Gasteiger partial charge in [0.15, 0.2) is 0 Å². The number of carbonyl (C=O) groups is 1. The number of nitrogens with one attached hydrogen (secondary N) is 2. The number of aromatic nitrogens is 2. The third-order valence-electron chi connectivity index (χ3n) is 3.90. The predicted molar refractivity (Wildman–Crippen MR) is 83.9 cm³/mol. The lowest BCUT2D eigenvalue weighted by Crippen LogP contribution is -2.20. The maximum absolute atomic E-state index is 12.3. The molecule has 3 N–H and O–H groups in total. The number of pyridine rings is 1. The summed E-state index contributed by atoms with van der Waals surface area (Å²) in [4.78, 5) is 19.6. The zero-order valence-corrected chi connectivity index (χ0v) is 12.8. The molecule has 22 heavy (non-hydrogen) atoms. The van der Waals surface area contributed by atoms with Gasteiger partial charge in [-0.2, -0.15) is 0 Å². The number of carbonyl (C=O) groups excluding carboxylic acids is 1. The summed E-state index contributed by atoms with van der Waals surface area (Å²) in [6.45, 7) is 3.64. The normalized spacial score (nSPS) is 21.5. The first kappa shape index (κ1) is 14.8. The first-order valence-corrected chi connectivity index (χ1v) is 7.66. The molecule has 1 aliphatic carbocycles. The fraction of sp³-hybridized carbons (Fsp3) is 0.500. The van der Waals surface area contributed by atoms with Crippen LogP contribution in [0, 0.1) is 0 Å². The summed E-state index contributed by atoms with van der Waals surface area (Å²) in [6, 6.07) is 2.04. The number of rotatable bonds is 4. The zero-order valence-electron chi connectivity index (χ0n) is 12.8. The second-order valence-corrected chi connectivity index (χ2v) is 6.05. The van der Waals surface area contributed by atoms with Crippen LogP contribution in [0.25, 0.3) is 11.0 Å². The molecule has 0 spiro atoms. The molecule has 1 fully saturated rings. The number of aliphatic hydroxyl groups is 1. The summed E-state index contributed by atoms with van der Waals surface area (Å²) < 4.78 is 5.31. The Labute approximate surface area is 128 Å². The minimum Gasteiger partial charge on any atom is -0.459 e. The molecule has 0 radical (unpaired) electrons. The molecule has 6 heteroatoms. The van der Waals surface area contributed by atoms with Crippen molar-refractivity contribution in [1.82, 2.24) is 9.97 Å². The quantitative estimate of drug-likeness (QED) is 0.755. The highest BCUT2D eigenvalue weighted by Gasteiger charge is 2.26. The Bertz CT molecular complexity index is 680. The van der Waals surface area contributed by atoms with Gasteiger partial charge in [-0.15, -0.1) is 0 Å². The maximum atomic E-state index is 12.3. The van der Waals surface area contributed by atoms with Gasteiger partial charge in [0.1, 0.15) is 11.2 Å². The van der Waals surface area contributed by atoms with Crippen molar-refractivity contribution in [1.29, 1.82) is 0 Å². The van der Waals surface area contributed by atoms with Crippen molar-refractivity contribution in [3.8, 4) is 0 Å². The van der Waals surface area contributed by atoms with E-state index in [0.29, 0.717) is 12.0 Å². The second-order valence-electron chi connectivity index (χ2n) is 6.05. The van der Waals surface area contributed by atoms with Gasteiger partial charge in [0.2, 0.25) is 0 Å². The van der Waals surface area contributed by atoms with Crippen molar-refractivity contribution >= 4 is 22.7 Å². The Balaban J connectivity index is 1.96. The molecule has 0 amide bonds. The van der Waals surface area contributed by atoms with Crippen LogP contribution in [0.1, 0.15) is 43.5 Å². The summed E-state index contributed by atoms with van der Waals surface area (Å²) in [6.07, 6.45) is 5.23. The lowest BCUT2D eigenvalue weighted by Gasteiger charge is -2.18. The van der Waals surface area contributed by atoms with Crippen LogP contribution in [-0.4, -0.2) is 39.3 Å². The molecule has 2 unspecified atom stereocenters. The summed E-state index contributed by atoms with van der Waals surface area (Å²) in [5.41, 5.74) is 1.89. The first-order valence-electron chi connectivity index (χ1n) is 7.66. The second kappa shape index (κ2) is 5.96. The van der Waals surface area contributed by atoms with E-state index in [-0.39, 0.29) is 24.2 Å². The monoisotopic (exact) mass is 303 g/mol. The van der Waals surface area contributed by atoms with Crippen LogP contribution in [0.2, 0.25) is 0 Å². The van der Waals surface area contributed by atoms with Gasteiger partial charge >= 0.3 is 5.97 Å². The Morgan fingerprint density at radius 1 is 1.50 bits per heavy atom. The first-order chi connectivity index (χ1) is 10.5. The molecule has 0 aliphatic heterocycles. The van der Waals surface area contributed by atoms with E-state index in [1.807, 2.05) is 19.9 Å². The molecule has 2 aromatic heterocycles. The fourth-order valence-electron chi connectivity index (χ4n) is 2.89. The fourth-order valence-corrected chi connectivity index (χ4v) is 2.89. The SMILES string of the molecule is CC(C)OC(=O)c1cnc2[nH]ccc2c1NC1CCC(O)C1. The van der Waals surface area contributed by atoms with Gasteiger partial charge in [0.25, 0.3) is 0 Å². The molecule has 2 atom stereocenters. The number of esters is 1. The van der Waals surface area contributed by atoms with Crippen LogP contribution in [0.3, 0.4) is 0 Å². The molecule has 3 rings (SSSR count). The van der Waals surface area contributed by atoms with Gasteiger partial charge in [-0.3, -0.25) is 0 Å². The highest BCUT2D eigenvalue weighted by molar-refractivity contribution is 6.04. The van der Waals surface area contributed by atoms with Crippen molar-refractivity contribution in [2.24, 2.45) is 0 Å². The average molecular weight is 303 g/mol. The van der Waals surface area contributed by atoms with Crippen molar-refractivity contribution in [3.05, 3.63) is 24.0 Å². The van der Waals surface area contributed by atoms with E-state index in [2.05, 4.69) is 15.3 Å². The minimum absolute atomic E-state index is 0.154. The standard InChI is InChI=1S/C16H21N3O3/c1-9(2)22-16(21)13-8-18-15-12(5-6-17-15)14(13)19-10-3-4-11(20)7-10/h5-6,8-11,20H,3-4,7H2,1-2H3,(H2,17,18,19). The maximum Gasteiger partial charge on any atom is 0.342 e. The Kier molecular flexibility index (Phi) is 4.02. The number of ether oxygens (including phenoxy) is 1. The molecule has 0 aromatic carbocycles. The number of fused-ring (bicyclic) bond motifs is 1. The average Bonchev–Trinajstić information content (AvgIpc) is 3.07. The number of hydrogen-bond donors (Lipinski definition) is 3. The van der Waals surface area contributed by atoms with E-state index >= 15 is 0 Å². The van der Waals surface area contributed by atoms with Gasteiger partial charge in [-0.05, 0) is 39.2 Å². The molecule has 0 bridgehead atoms.